The number of likely N-dealkylation sites (N-methyl/N-ethyl adjacent to an activating group) is 1. The number of nitrogens with two attached hydrogens (primary N) is 1. The van der Waals surface area contributed by atoms with Crippen LogP contribution < -0.4 is 16.0 Å². The Balaban J connectivity index is 1.93. The summed E-state index contributed by atoms with van der Waals surface area (Å²) in [5.41, 5.74) is 7.97. The fourth-order valence-corrected chi connectivity index (χ4v) is 2.84. The van der Waals surface area contributed by atoms with Crippen LogP contribution in [-0.2, 0) is 0 Å². The molecule has 0 amide bonds. The third kappa shape index (κ3) is 1.91. The summed E-state index contributed by atoms with van der Waals surface area (Å²) < 4.78 is 5.92. The highest BCUT2D eigenvalue weighted by Crippen LogP contribution is 2.35. The Kier molecular flexibility index (Phi) is 2.70. The Morgan fingerprint density at radius 3 is 2.95 bits per heavy atom. The number of rotatable bonds is 2. The third-order valence-electron chi connectivity index (χ3n) is 3.86. The van der Waals surface area contributed by atoms with Crippen LogP contribution in [0.3, 0.4) is 0 Å². The molecule has 0 spiro atoms. The van der Waals surface area contributed by atoms with E-state index in [0.29, 0.717) is 22.2 Å². The molecule has 1 aliphatic rings. The molecule has 2 aromatic heterocycles. The normalized spacial score (nSPS) is 15.8. The van der Waals surface area contributed by atoms with E-state index in [9.17, 15) is 0 Å². The molecule has 0 bridgehead atoms. The summed E-state index contributed by atoms with van der Waals surface area (Å²) in [6.45, 7) is 1.75. The second kappa shape index (κ2) is 4.47. The van der Waals surface area contributed by atoms with Crippen molar-refractivity contribution in [3.63, 3.8) is 0 Å². The van der Waals surface area contributed by atoms with Gasteiger partial charge in [0.2, 0.25) is 5.95 Å². The maximum Gasteiger partial charge on any atom is 0.222 e. The average molecular weight is 304 g/mol. The van der Waals surface area contributed by atoms with Gasteiger partial charge in [0.25, 0.3) is 0 Å². The van der Waals surface area contributed by atoms with Crippen molar-refractivity contribution in [3.8, 4) is 0 Å². The van der Waals surface area contributed by atoms with E-state index >= 15 is 0 Å². The second-order valence-electron chi connectivity index (χ2n) is 5.22. The lowest BCUT2D eigenvalue weighted by Crippen LogP contribution is -2.57. The van der Waals surface area contributed by atoms with Crippen molar-refractivity contribution in [3.05, 3.63) is 23.2 Å². The molecule has 1 saturated heterocycles. The molecule has 7 heteroatoms. The average Bonchev–Trinajstić information content (AvgIpc) is 2.76. The minimum absolute atomic E-state index is 0.244. The van der Waals surface area contributed by atoms with Gasteiger partial charge in [-0.2, -0.15) is 4.98 Å². The molecule has 0 atom stereocenters. The van der Waals surface area contributed by atoms with E-state index in [-0.39, 0.29) is 5.95 Å². The molecule has 1 aliphatic heterocycles. The highest BCUT2D eigenvalue weighted by molar-refractivity contribution is 6.31. The van der Waals surface area contributed by atoms with Crippen LogP contribution in [0.25, 0.3) is 22.1 Å². The first-order valence-electron chi connectivity index (χ1n) is 6.73. The van der Waals surface area contributed by atoms with Crippen molar-refractivity contribution in [2.45, 2.75) is 6.04 Å². The van der Waals surface area contributed by atoms with Crippen LogP contribution in [0.15, 0.2) is 22.6 Å². The fourth-order valence-electron chi connectivity index (χ4n) is 2.67. The number of hydrogen-bond donors (Lipinski definition) is 2. The lowest BCUT2D eigenvalue weighted by molar-refractivity contribution is 0.446. The van der Waals surface area contributed by atoms with Crippen LogP contribution in [0, 0.1) is 0 Å². The maximum atomic E-state index is 6.06. The molecule has 0 unspecified atom stereocenters. The molecule has 4 rings (SSSR count). The predicted octanol–water partition coefficient (Wildman–Crippen LogP) is 2.02. The standard InChI is InChI=1S/C14H14ClN5O/c1-17-8-5-20(6-8)13-12-11(18-14(16)19-13)9-4-7(15)2-3-10(9)21-12/h2-4,8,17H,5-6H2,1H3,(H2,16,18,19). The van der Waals surface area contributed by atoms with Gasteiger partial charge in [-0.1, -0.05) is 11.6 Å². The van der Waals surface area contributed by atoms with Gasteiger partial charge >= 0.3 is 0 Å². The first kappa shape index (κ1) is 12.7. The van der Waals surface area contributed by atoms with E-state index in [4.69, 9.17) is 21.8 Å². The van der Waals surface area contributed by atoms with Crippen LogP contribution in [0.5, 0.6) is 0 Å². The summed E-state index contributed by atoms with van der Waals surface area (Å²) >= 11 is 6.06. The third-order valence-corrected chi connectivity index (χ3v) is 4.10. The van der Waals surface area contributed by atoms with E-state index in [1.54, 1.807) is 6.07 Å². The Morgan fingerprint density at radius 1 is 1.38 bits per heavy atom. The summed E-state index contributed by atoms with van der Waals surface area (Å²) in [5, 5.41) is 4.74. The molecule has 3 heterocycles. The van der Waals surface area contributed by atoms with Crippen molar-refractivity contribution >= 4 is 45.4 Å². The molecule has 0 saturated carbocycles. The van der Waals surface area contributed by atoms with Crippen molar-refractivity contribution in [2.24, 2.45) is 0 Å². The highest BCUT2D eigenvalue weighted by atomic mass is 35.5. The number of furan rings is 1. The van der Waals surface area contributed by atoms with E-state index < -0.39 is 0 Å². The van der Waals surface area contributed by atoms with Crippen molar-refractivity contribution in [1.82, 2.24) is 15.3 Å². The molecule has 3 aromatic rings. The summed E-state index contributed by atoms with van der Waals surface area (Å²) in [7, 11) is 1.95. The minimum atomic E-state index is 0.244. The number of nitrogens with one attached hydrogen (secondary N) is 1. The number of anilines is 2. The second-order valence-corrected chi connectivity index (χ2v) is 5.65. The topological polar surface area (TPSA) is 80.2 Å². The van der Waals surface area contributed by atoms with Gasteiger partial charge in [-0.25, -0.2) is 4.98 Å². The van der Waals surface area contributed by atoms with Gasteiger partial charge in [0, 0.05) is 29.5 Å². The fraction of sp³-hybridized carbons (Fsp3) is 0.286. The minimum Gasteiger partial charge on any atom is -0.450 e. The summed E-state index contributed by atoms with van der Waals surface area (Å²) in [5.74, 6) is 0.990. The van der Waals surface area contributed by atoms with Gasteiger partial charge in [0.15, 0.2) is 11.4 Å². The number of fused-ring (bicyclic) bond motifs is 3. The smallest absolute Gasteiger partial charge is 0.222 e. The van der Waals surface area contributed by atoms with Crippen LogP contribution in [0.2, 0.25) is 5.02 Å². The van der Waals surface area contributed by atoms with Crippen LogP contribution in [0.4, 0.5) is 11.8 Å². The zero-order valence-electron chi connectivity index (χ0n) is 11.4. The van der Waals surface area contributed by atoms with Gasteiger partial charge in [-0.15, -0.1) is 0 Å². The highest BCUT2D eigenvalue weighted by Gasteiger charge is 2.30. The van der Waals surface area contributed by atoms with Crippen molar-refractivity contribution < 1.29 is 4.42 Å². The van der Waals surface area contributed by atoms with Gasteiger partial charge in [-0.05, 0) is 25.2 Å². The number of aromatic nitrogens is 2. The first-order chi connectivity index (χ1) is 10.2. The van der Waals surface area contributed by atoms with E-state index in [2.05, 4.69) is 20.2 Å². The maximum absolute atomic E-state index is 6.06. The number of nitrogens with zero attached hydrogens (tertiary/aromatic N) is 3. The van der Waals surface area contributed by atoms with E-state index in [1.807, 2.05) is 19.2 Å². The molecule has 3 N–H and O–H groups in total. The van der Waals surface area contributed by atoms with E-state index in [0.717, 1.165) is 29.9 Å². The molecule has 1 aromatic carbocycles. The molecule has 0 aliphatic carbocycles. The van der Waals surface area contributed by atoms with Gasteiger partial charge in [0.1, 0.15) is 11.1 Å². The zero-order chi connectivity index (χ0) is 14.6. The summed E-state index contributed by atoms with van der Waals surface area (Å²) in [4.78, 5) is 10.8. The number of halogens is 1. The van der Waals surface area contributed by atoms with Crippen molar-refractivity contribution in [2.75, 3.05) is 30.8 Å². The Hall–Kier alpha value is -2.05. The van der Waals surface area contributed by atoms with Gasteiger partial charge < -0.3 is 20.4 Å². The van der Waals surface area contributed by atoms with Crippen LogP contribution >= 0.6 is 11.6 Å². The van der Waals surface area contributed by atoms with E-state index in [1.165, 1.54) is 0 Å². The molecule has 6 nitrogen and oxygen atoms in total. The molecular formula is C14H14ClN5O. The molecular weight excluding hydrogens is 290 g/mol. The Bertz CT molecular complexity index is 840. The monoisotopic (exact) mass is 303 g/mol. The molecule has 108 valence electrons. The number of benzene rings is 1. The SMILES string of the molecule is CNC1CN(c2nc(N)nc3c2oc2ccc(Cl)cc23)C1. The predicted molar refractivity (Wildman–Crippen MR) is 83.8 cm³/mol. The largest absolute Gasteiger partial charge is 0.450 e. The van der Waals surface area contributed by atoms with Gasteiger partial charge in [0.05, 0.1) is 0 Å². The lowest BCUT2D eigenvalue weighted by atomic mass is 10.1. The lowest BCUT2D eigenvalue weighted by Gasteiger charge is -2.39. The van der Waals surface area contributed by atoms with Crippen molar-refractivity contribution in [1.29, 1.82) is 0 Å². The summed E-state index contributed by atoms with van der Waals surface area (Å²) in [6.07, 6.45) is 0. The molecule has 0 radical (unpaired) electrons. The quantitative estimate of drug-likeness (QED) is 0.754. The summed E-state index contributed by atoms with van der Waals surface area (Å²) in [6, 6.07) is 5.94. The van der Waals surface area contributed by atoms with Gasteiger partial charge in [-0.3, -0.25) is 0 Å². The molecule has 1 fully saturated rings. The molecule has 21 heavy (non-hydrogen) atoms. The van der Waals surface area contributed by atoms with Crippen LogP contribution in [-0.4, -0.2) is 36.1 Å². The number of nitrogen functional groups attached to an aromatic ring is 1. The number of hydrogen-bond acceptors (Lipinski definition) is 6. The Morgan fingerprint density at radius 2 is 2.19 bits per heavy atom. The zero-order valence-corrected chi connectivity index (χ0v) is 12.2. The van der Waals surface area contributed by atoms with Crippen LogP contribution in [0.1, 0.15) is 0 Å². The first-order valence-corrected chi connectivity index (χ1v) is 7.11. The Labute approximate surface area is 125 Å².